The molecule has 0 bridgehead atoms. The van der Waals surface area contributed by atoms with Crippen LogP contribution in [0, 0.1) is 0 Å². The zero-order valence-electron chi connectivity index (χ0n) is 18.2. The van der Waals surface area contributed by atoms with Gasteiger partial charge in [-0.25, -0.2) is 4.79 Å². The van der Waals surface area contributed by atoms with Crippen molar-refractivity contribution >= 4 is 52.1 Å². The molecule has 8 heteroatoms. The summed E-state index contributed by atoms with van der Waals surface area (Å²) in [6.45, 7) is 4.14. The minimum Gasteiger partial charge on any atom is -0.477 e. The number of halogens is 1. The van der Waals surface area contributed by atoms with Crippen LogP contribution in [0.25, 0.3) is 11.1 Å². The van der Waals surface area contributed by atoms with Crippen LogP contribution in [0.1, 0.15) is 51.9 Å². The monoisotopic (exact) mass is 480 g/mol. The van der Waals surface area contributed by atoms with Crippen molar-refractivity contribution in [1.29, 1.82) is 0 Å². The molecule has 6 nitrogen and oxygen atoms in total. The maximum Gasteiger partial charge on any atom is 0.346 e. The number of nitrogens with one attached hydrogen (secondary N) is 1. The molecule has 3 aromatic rings. The van der Waals surface area contributed by atoms with E-state index in [-0.39, 0.29) is 29.0 Å². The lowest BCUT2D eigenvalue weighted by molar-refractivity contribution is -0.126. The average Bonchev–Trinajstić information content (AvgIpc) is 3.25. The summed E-state index contributed by atoms with van der Waals surface area (Å²) in [5, 5.41) is 13.4. The molecule has 0 saturated carbocycles. The fraction of sp³-hybridized carbons (Fsp3) is 0.240. The smallest absolute Gasteiger partial charge is 0.346 e. The van der Waals surface area contributed by atoms with Crippen LogP contribution < -0.4 is 10.2 Å². The highest BCUT2D eigenvalue weighted by molar-refractivity contribution is 7.15. The van der Waals surface area contributed by atoms with E-state index < -0.39 is 11.4 Å². The number of hydrogen-bond acceptors (Lipinski definition) is 4. The number of thiophene rings is 1. The Balaban J connectivity index is 1.85. The lowest BCUT2D eigenvalue weighted by atomic mass is 9.73. The highest BCUT2D eigenvalue weighted by Gasteiger charge is 2.57. The van der Waals surface area contributed by atoms with E-state index in [4.69, 9.17) is 11.6 Å². The normalized spacial score (nSPS) is 19.1. The van der Waals surface area contributed by atoms with Crippen LogP contribution in [-0.4, -0.2) is 29.9 Å². The molecule has 0 fully saturated rings. The van der Waals surface area contributed by atoms with Crippen LogP contribution in [0.3, 0.4) is 0 Å². The van der Waals surface area contributed by atoms with Gasteiger partial charge in [0, 0.05) is 23.3 Å². The van der Waals surface area contributed by atoms with Gasteiger partial charge in [-0.15, -0.1) is 11.3 Å². The van der Waals surface area contributed by atoms with Crippen molar-refractivity contribution in [3.05, 3.63) is 68.4 Å². The van der Waals surface area contributed by atoms with Gasteiger partial charge in [-0.1, -0.05) is 49.7 Å². The zero-order chi connectivity index (χ0) is 23.7. The second kappa shape index (κ2) is 7.43. The van der Waals surface area contributed by atoms with Gasteiger partial charge in [0.1, 0.15) is 10.3 Å². The number of rotatable bonds is 3. The first-order valence-electron chi connectivity index (χ1n) is 10.5. The molecule has 5 rings (SSSR count). The summed E-state index contributed by atoms with van der Waals surface area (Å²) in [5.41, 5.74) is 2.68. The predicted octanol–water partition coefficient (Wildman–Crippen LogP) is 5.49. The number of aromatic carboxylic acids is 1. The van der Waals surface area contributed by atoms with E-state index in [1.165, 1.54) is 0 Å². The zero-order valence-corrected chi connectivity index (χ0v) is 19.8. The van der Waals surface area contributed by atoms with Gasteiger partial charge in [0.05, 0.1) is 17.0 Å². The Hall–Kier alpha value is -3.16. The molecule has 1 aromatic heterocycles. The second-order valence-electron chi connectivity index (χ2n) is 8.75. The number of hydrogen-bond donors (Lipinski definition) is 2. The van der Waals surface area contributed by atoms with Crippen LogP contribution >= 0.6 is 22.9 Å². The topological polar surface area (TPSA) is 86.7 Å². The fourth-order valence-corrected chi connectivity index (χ4v) is 6.28. The van der Waals surface area contributed by atoms with Crippen LogP contribution in [-0.2, 0) is 15.0 Å². The van der Waals surface area contributed by atoms with Crippen molar-refractivity contribution in [3.8, 4) is 11.1 Å². The van der Waals surface area contributed by atoms with Crippen LogP contribution in [0.15, 0.2) is 42.5 Å². The molecule has 168 valence electrons. The molecule has 3 heterocycles. The maximum atomic E-state index is 13.8. The molecule has 2 amide bonds. The van der Waals surface area contributed by atoms with Gasteiger partial charge in [0.15, 0.2) is 0 Å². The fourth-order valence-electron chi connectivity index (χ4n) is 4.85. The van der Waals surface area contributed by atoms with E-state index in [2.05, 4.69) is 19.2 Å². The van der Waals surface area contributed by atoms with Crippen LogP contribution in [0.5, 0.6) is 0 Å². The number of carbonyl (C=O) groups is 3. The standard InChI is InChI=1S/C25H21ClN2O4S/c1-12(2)14-6-9-17-16(10-14)25(24(32)28(17)3)11-18(29)27-20-19(13-4-7-15(26)8-5-13)21(23(30)31)33-22(20)25/h4-10,12H,11H2,1-3H3,(H,27,29)(H,30,31). The quantitative estimate of drug-likeness (QED) is 0.518. The number of carboxylic acids is 1. The van der Waals surface area contributed by atoms with E-state index in [1.54, 1.807) is 36.2 Å². The Morgan fingerprint density at radius 1 is 1.18 bits per heavy atom. The molecule has 0 saturated heterocycles. The van der Waals surface area contributed by atoms with Gasteiger partial charge < -0.3 is 15.3 Å². The number of carbonyl (C=O) groups excluding carboxylic acids is 2. The summed E-state index contributed by atoms with van der Waals surface area (Å²) in [6.07, 6.45) is -0.0721. The van der Waals surface area contributed by atoms with Crippen molar-refractivity contribution in [2.24, 2.45) is 0 Å². The van der Waals surface area contributed by atoms with Gasteiger partial charge in [-0.05, 0) is 40.8 Å². The van der Waals surface area contributed by atoms with Gasteiger partial charge in [0.2, 0.25) is 11.8 Å². The predicted molar refractivity (Wildman–Crippen MR) is 130 cm³/mol. The number of likely N-dealkylation sites (N-methyl/N-ethyl adjacent to an activating group) is 1. The molecule has 2 aliphatic rings. The Bertz CT molecular complexity index is 1350. The summed E-state index contributed by atoms with van der Waals surface area (Å²) in [6, 6.07) is 12.7. The molecule has 0 radical (unpaired) electrons. The molecular formula is C25H21ClN2O4S. The Morgan fingerprint density at radius 2 is 1.88 bits per heavy atom. The summed E-state index contributed by atoms with van der Waals surface area (Å²) in [7, 11) is 1.70. The SMILES string of the molecule is CC(C)c1ccc2c(c1)C1(CC(=O)Nc3c1sc(C(=O)O)c3-c1ccc(Cl)cc1)C(=O)N2C. The third-order valence-corrected chi connectivity index (χ3v) is 8.08. The summed E-state index contributed by atoms with van der Waals surface area (Å²) < 4.78 is 0. The van der Waals surface area contributed by atoms with E-state index in [0.29, 0.717) is 26.7 Å². The average molecular weight is 481 g/mol. The maximum absolute atomic E-state index is 13.8. The molecule has 2 aliphatic heterocycles. The minimum absolute atomic E-state index is 0.0721. The van der Waals surface area contributed by atoms with Crippen molar-refractivity contribution in [3.63, 3.8) is 0 Å². The second-order valence-corrected chi connectivity index (χ2v) is 10.2. The number of amides is 2. The first-order chi connectivity index (χ1) is 15.6. The van der Waals surface area contributed by atoms with Gasteiger partial charge in [-0.2, -0.15) is 0 Å². The molecule has 2 aromatic carbocycles. The van der Waals surface area contributed by atoms with Crippen LogP contribution in [0.4, 0.5) is 11.4 Å². The van der Waals surface area contributed by atoms with E-state index in [0.717, 1.165) is 28.2 Å². The Labute approximate surface area is 199 Å². The van der Waals surface area contributed by atoms with Crippen LogP contribution in [0.2, 0.25) is 5.02 Å². The largest absolute Gasteiger partial charge is 0.477 e. The molecule has 33 heavy (non-hydrogen) atoms. The first-order valence-corrected chi connectivity index (χ1v) is 11.7. The van der Waals surface area contributed by atoms with E-state index in [9.17, 15) is 19.5 Å². The summed E-state index contributed by atoms with van der Waals surface area (Å²) >= 11 is 7.09. The number of anilines is 2. The van der Waals surface area contributed by atoms with Gasteiger partial charge in [0.25, 0.3) is 0 Å². The third kappa shape index (κ3) is 3.03. The highest BCUT2D eigenvalue weighted by Crippen LogP contribution is 2.57. The van der Waals surface area contributed by atoms with Gasteiger partial charge in [-0.3, -0.25) is 9.59 Å². The van der Waals surface area contributed by atoms with E-state index >= 15 is 0 Å². The summed E-state index contributed by atoms with van der Waals surface area (Å²) in [4.78, 5) is 41.3. The molecule has 2 N–H and O–H groups in total. The molecule has 1 atom stereocenters. The van der Waals surface area contributed by atoms with Gasteiger partial charge >= 0.3 is 5.97 Å². The van der Waals surface area contributed by atoms with E-state index in [1.807, 2.05) is 18.2 Å². The molecular weight excluding hydrogens is 460 g/mol. The lowest BCUT2D eigenvalue weighted by Gasteiger charge is -2.32. The Kier molecular flexibility index (Phi) is 4.88. The van der Waals surface area contributed by atoms with Crippen molar-refractivity contribution in [2.45, 2.75) is 31.6 Å². The van der Waals surface area contributed by atoms with Crippen molar-refractivity contribution < 1.29 is 19.5 Å². The number of carboxylic acid groups (broad SMARTS) is 1. The van der Waals surface area contributed by atoms with Crippen molar-refractivity contribution in [1.82, 2.24) is 0 Å². The number of fused-ring (bicyclic) bond motifs is 4. The molecule has 1 spiro atoms. The first kappa shape index (κ1) is 21.7. The third-order valence-electron chi connectivity index (χ3n) is 6.49. The highest BCUT2D eigenvalue weighted by atomic mass is 35.5. The minimum atomic E-state index is -1.26. The number of benzene rings is 2. The summed E-state index contributed by atoms with van der Waals surface area (Å²) in [5.74, 6) is -1.43. The molecule has 0 aliphatic carbocycles. The lowest BCUT2D eigenvalue weighted by Crippen LogP contribution is -2.45. The van der Waals surface area contributed by atoms with Crippen molar-refractivity contribution in [2.75, 3.05) is 17.3 Å². The molecule has 1 unspecified atom stereocenters. The number of nitrogens with zero attached hydrogens (tertiary/aromatic N) is 1. The Morgan fingerprint density at radius 3 is 2.52 bits per heavy atom.